The van der Waals surface area contributed by atoms with Crippen molar-refractivity contribution >= 4 is 17.8 Å². The van der Waals surface area contributed by atoms with E-state index in [2.05, 4.69) is 47.1 Å². The molecule has 0 aliphatic heterocycles. The van der Waals surface area contributed by atoms with Gasteiger partial charge in [0.2, 0.25) is 0 Å². The van der Waals surface area contributed by atoms with E-state index in [4.69, 9.17) is 14.2 Å². The fraction of sp³-hybridized carbons (Fsp3) is 0.364. The first-order chi connectivity index (χ1) is 13.3. The summed E-state index contributed by atoms with van der Waals surface area (Å²) in [6, 6.07) is 16.3. The molecular formula is C22H30N2O3. The summed E-state index contributed by atoms with van der Waals surface area (Å²) < 4.78 is 16.5. The fourth-order valence-electron chi connectivity index (χ4n) is 2.34. The van der Waals surface area contributed by atoms with Gasteiger partial charge in [-0.2, -0.15) is 0 Å². The maximum Gasteiger partial charge on any atom is 0.119 e. The molecule has 0 bridgehead atoms. The Labute approximate surface area is 162 Å². The first kappa shape index (κ1) is 21.0. The average molecular weight is 370 g/mol. The molecule has 0 aliphatic rings. The predicted octanol–water partition coefficient (Wildman–Crippen LogP) is 3.53. The van der Waals surface area contributed by atoms with Gasteiger partial charge in [-0.15, -0.1) is 0 Å². The largest absolute Gasteiger partial charge is 0.491 e. The second-order valence-corrected chi connectivity index (χ2v) is 5.95. The van der Waals surface area contributed by atoms with Gasteiger partial charge in [0, 0.05) is 19.3 Å². The van der Waals surface area contributed by atoms with E-state index in [1.54, 1.807) is 0 Å². The van der Waals surface area contributed by atoms with Gasteiger partial charge in [0.1, 0.15) is 12.4 Å². The van der Waals surface area contributed by atoms with Crippen LogP contribution in [0.4, 0.5) is 5.69 Å². The Morgan fingerprint density at radius 3 is 1.85 bits per heavy atom. The molecule has 146 valence electrons. The molecule has 5 nitrogen and oxygen atoms in total. The van der Waals surface area contributed by atoms with Gasteiger partial charge in [-0.3, -0.25) is 0 Å². The van der Waals surface area contributed by atoms with Gasteiger partial charge in [0.25, 0.3) is 0 Å². The van der Waals surface area contributed by atoms with E-state index in [1.807, 2.05) is 38.4 Å². The van der Waals surface area contributed by atoms with Gasteiger partial charge >= 0.3 is 0 Å². The average Bonchev–Trinajstić information content (AvgIpc) is 2.72. The number of nitrogens with one attached hydrogen (secondary N) is 2. The van der Waals surface area contributed by atoms with Crippen molar-refractivity contribution in [3.63, 3.8) is 0 Å². The molecule has 27 heavy (non-hydrogen) atoms. The number of likely N-dealkylation sites (N-methyl/N-ethyl adjacent to an activating group) is 1. The SMILES string of the molecule is CNCCOCCOCCOc1ccc(/C=C/c2ccc(NC)cc2)cc1. The first-order valence-corrected chi connectivity index (χ1v) is 9.30. The molecule has 0 amide bonds. The highest BCUT2D eigenvalue weighted by molar-refractivity contribution is 5.70. The molecule has 0 atom stereocenters. The molecule has 0 fully saturated rings. The van der Waals surface area contributed by atoms with Crippen LogP contribution in [0, 0.1) is 0 Å². The smallest absolute Gasteiger partial charge is 0.119 e. The van der Waals surface area contributed by atoms with Crippen LogP contribution in [-0.2, 0) is 9.47 Å². The van der Waals surface area contributed by atoms with Crippen molar-refractivity contribution in [2.75, 3.05) is 59.0 Å². The molecule has 2 rings (SSSR count). The lowest BCUT2D eigenvalue weighted by Gasteiger charge is -2.08. The van der Waals surface area contributed by atoms with Gasteiger partial charge in [0.15, 0.2) is 0 Å². The first-order valence-electron chi connectivity index (χ1n) is 9.30. The molecule has 0 heterocycles. The molecule has 0 aromatic heterocycles. The monoisotopic (exact) mass is 370 g/mol. The van der Waals surface area contributed by atoms with Crippen molar-refractivity contribution in [2.24, 2.45) is 0 Å². The summed E-state index contributed by atoms with van der Waals surface area (Å²) in [6.07, 6.45) is 4.19. The molecule has 0 aliphatic carbocycles. The van der Waals surface area contributed by atoms with E-state index in [0.29, 0.717) is 33.0 Å². The number of rotatable bonds is 13. The van der Waals surface area contributed by atoms with E-state index in [1.165, 1.54) is 5.56 Å². The molecule has 0 unspecified atom stereocenters. The molecule has 2 aromatic rings. The van der Waals surface area contributed by atoms with Crippen LogP contribution in [0.2, 0.25) is 0 Å². The highest BCUT2D eigenvalue weighted by atomic mass is 16.5. The minimum absolute atomic E-state index is 0.531. The van der Waals surface area contributed by atoms with Crippen LogP contribution in [0.25, 0.3) is 12.2 Å². The third-order valence-corrected chi connectivity index (χ3v) is 3.91. The van der Waals surface area contributed by atoms with Crippen molar-refractivity contribution in [3.05, 3.63) is 59.7 Å². The maximum atomic E-state index is 5.69. The zero-order valence-electron chi connectivity index (χ0n) is 16.2. The second-order valence-electron chi connectivity index (χ2n) is 5.95. The molecule has 0 spiro atoms. The van der Waals surface area contributed by atoms with Crippen molar-refractivity contribution in [2.45, 2.75) is 0 Å². The summed E-state index contributed by atoms with van der Waals surface area (Å²) >= 11 is 0. The molecule has 0 saturated carbocycles. The highest BCUT2D eigenvalue weighted by Gasteiger charge is 1.95. The highest BCUT2D eigenvalue weighted by Crippen LogP contribution is 2.15. The number of hydrogen-bond donors (Lipinski definition) is 2. The van der Waals surface area contributed by atoms with E-state index >= 15 is 0 Å². The summed E-state index contributed by atoms with van der Waals surface area (Å²) in [5.74, 6) is 0.847. The normalized spacial score (nSPS) is 11.0. The lowest BCUT2D eigenvalue weighted by molar-refractivity contribution is 0.0376. The third kappa shape index (κ3) is 8.73. The number of hydrogen-bond acceptors (Lipinski definition) is 5. The molecule has 2 aromatic carbocycles. The van der Waals surface area contributed by atoms with E-state index < -0.39 is 0 Å². The van der Waals surface area contributed by atoms with Gasteiger partial charge < -0.3 is 24.8 Å². The maximum absolute atomic E-state index is 5.69. The van der Waals surface area contributed by atoms with E-state index in [-0.39, 0.29) is 0 Å². The van der Waals surface area contributed by atoms with Crippen molar-refractivity contribution in [1.82, 2.24) is 5.32 Å². The van der Waals surface area contributed by atoms with Crippen LogP contribution < -0.4 is 15.4 Å². The van der Waals surface area contributed by atoms with Crippen molar-refractivity contribution in [3.8, 4) is 5.75 Å². The van der Waals surface area contributed by atoms with Gasteiger partial charge in [-0.05, 0) is 42.4 Å². The molecule has 0 radical (unpaired) electrons. The summed E-state index contributed by atoms with van der Waals surface area (Å²) in [4.78, 5) is 0. The minimum Gasteiger partial charge on any atom is -0.491 e. The molecular weight excluding hydrogens is 340 g/mol. The Morgan fingerprint density at radius 2 is 1.26 bits per heavy atom. The van der Waals surface area contributed by atoms with Crippen LogP contribution in [0.3, 0.4) is 0 Å². The zero-order chi connectivity index (χ0) is 19.2. The predicted molar refractivity (Wildman–Crippen MR) is 112 cm³/mol. The van der Waals surface area contributed by atoms with E-state index in [9.17, 15) is 0 Å². The summed E-state index contributed by atoms with van der Waals surface area (Å²) in [6.45, 7) is 3.85. The van der Waals surface area contributed by atoms with Crippen LogP contribution >= 0.6 is 0 Å². The van der Waals surface area contributed by atoms with Gasteiger partial charge in [-0.1, -0.05) is 36.4 Å². The summed E-state index contributed by atoms with van der Waals surface area (Å²) in [5.41, 5.74) is 3.41. The van der Waals surface area contributed by atoms with Crippen LogP contribution in [0.5, 0.6) is 5.75 Å². The topological polar surface area (TPSA) is 51.8 Å². The van der Waals surface area contributed by atoms with Gasteiger partial charge in [-0.25, -0.2) is 0 Å². The van der Waals surface area contributed by atoms with Crippen LogP contribution in [-0.4, -0.2) is 53.7 Å². The molecule has 2 N–H and O–H groups in total. The Hall–Kier alpha value is -2.34. The minimum atomic E-state index is 0.531. The van der Waals surface area contributed by atoms with Crippen LogP contribution in [0.1, 0.15) is 11.1 Å². The molecule has 0 saturated heterocycles. The fourth-order valence-corrected chi connectivity index (χ4v) is 2.34. The Balaban J connectivity index is 1.63. The van der Waals surface area contributed by atoms with Crippen LogP contribution in [0.15, 0.2) is 48.5 Å². The van der Waals surface area contributed by atoms with E-state index in [0.717, 1.165) is 23.5 Å². The quantitative estimate of drug-likeness (QED) is 0.417. The Morgan fingerprint density at radius 1 is 0.704 bits per heavy atom. The zero-order valence-corrected chi connectivity index (χ0v) is 16.2. The van der Waals surface area contributed by atoms with Gasteiger partial charge in [0.05, 0.1) is 26.4 Å². The molecule has 5 heteroatoms. The second kappa shape index (κ2) is 12.9. The lowest BCUT2D eigenvalue weighted by Crippen LogP contribution is -2.17. The Kier molecular flexibility index (Phi) is 10.0. The Bertz CT molecular complexity index is 654. The van der Waals surface area contributed by atoms with Crippen molar-refractivity contribution < 1.29 is 14.2 Å². The standard InChI is InChI=1S/C22H30N2O3/c1-23-13-14-25-15-16-26-17-18-27-22-11-7-20(8-12-22)4-3-19-5-9-21(24-2)10-6-19/h3-12,23-24H,13-18H2,1-2H3/b4-3+. The third-order valence-electron chi connectivity index (χ3n) is 3.91. The summed E-state index contributed by atoms with van der Waals surface area (Å²) in [5, 5.41) is 6.15. The number of anilines is 1. The van der Waals surface area contributed by atoms with Crippen molar-refractivity contribution in [1.29, 1.82) is 0 Å². The number of benzene rings is 2. The summed E-state index contributed by atoms with van der Waals surface area (Å²) in [7, 11) is 3.82. The number of ether oxygens (including phenoxy) is 3. The lowest BCUT2D eigenvalue weighted by atomic mass is 10.1.